The minimum absolute atomic E-state index is 0.224. The summed E-state index contributed by atoms with van der Waals surface area (Å²) in [5.41, 5.74) is 0.469. The molecule has 0 bridgehead atoms. The Labute approximate surface area is 129 Å². The minimum Gasteiger partial charge on any atom is -0.494 e. The van der Waals surface area contributed by atoms with E-state index in [9.17, 15) is 0 Å². The third kappa shape index (κ3) is 4.45. The average Bonchev–Trinajstić information content (AvgIpc) is 2.48. The molecular weight excluding hydrogens is 260 g/mol. The summed E-state index contributed by atoms with van der Waals surface area (Å²) in [7, 11) is 0. The van der Waals surface area contributed by atoms with Gasteiger partial charge in [-0.1, -0.05) is 25.1 Å². The molecule has 3 nitrogen and oxygen atoms in total. The molecule has 1 saturated heterocycles. The van der Waals surface area contributed by atoms with Crippen LogP contribution >= 0.6 is 0 Å². The molecule has 0 radical (unpaired) electrons. The third-order valence-electron chi connectivity index (χ3n) is 4.71. The number of hydrogen-bond acceptors (Lipinski definition) is 3. The van der Waals surface area contributed by atoms with Gasteiger partial charge < -0.3 is 10.1 Å². The van der Waals surface area contributed by atoms with Crippen molar-refractivity contribution in [3.63, 3.8) is 0 Å². The lowest BCUT2D eigenvalue weighted by atomic mass is 9.88. The average molecular weight is 290 g/mol. The van der Waals surface area contributed by atoms with Crippen LogP contribution in [0.4, 0.5) is 0 Å². The van der Waals surface area contributed by atoms with Crippen LogP contribution in [0.1, 0.15) is 40.5 Å². The van der Waals surface area contributed by atoms with E-state index in [0.29, 0.717) is 0 Å². The summed E-state index contributed by atoms with van der Waals surface area (Å²) in [6.45, 7) is 13.3. The van der Waals surface area contributed by atoms with Gasteiger partial charge in [-0.05, 0) is 45.7 Å². The summed E-state index contributed by atoms with van der Waals surface area (Å²) in [5.74, 6) is 0.968. The Bertz CT molecular complexity index is 432. The molecule has 0 aromatic heterocycles. The largest absolute Gasteiger partial charge is 0.494 e. The van der Waals surface area contributed by atoms with Crippen LogP contribution in [0.3, 0.4) is 0 Å². The van der Waals surface area contributed by atoms with Gasteiger partial charge >= 0.3 is 0 Å². The van der Waals surface area contributed by atoms with Crippen LogP contribution in [0.5, 0.6) is 5.75 Å². The van der Waals surface area contributed by atoms with E-state index >= 15 is 0 Å². The van der Waals surface area contributed by atoms with E-state index in [1.165, 1.54) is 6.42 Å². The highest BCUT2D eigenvalue weighted by Crippen LogP contribution is 2.25. The van der Waals surface area contributed by atoms with E-state index in [1.807, 2.05) is 30.3 Å². The number of nitrogens with one attached hydrogen (secondary N) is 1. The van der Waals surface area contributed by atoms with E-state index in [-0.39, 0.29) is 11.1 Å². The van der Waals surface area contributed by atoms with Crippen molar-refractivity contribution in [2.45, 2.75) is 51.6 Å². The number of piperazine rings is 1. The Morgan fingerprint density at radius 1 is 1.19 bits per heavy atom. The highest BCUT2D eigenvalue weighted by atomic mass is 16.5. The second-order valence-electron chi connectivity index (χ2n) is 7.02. The van der Waals surface area contributed by atoms with Gasteiger partial charge in [-0.15, -0.1) is 0 Å². The Morgan fingerprint density at radius 3 is 2.57 bits per heavy atom. The first kappa shape index (κ1) is 16.3. The number of ether oxygens (including phenoxy) is 1. The van der Waals surface area contributed by atoms with Crippen LogP contribution in [0.25, 0.3) is 0 Å². The van der Waals surface area contributed by atoms with Gasteiger partial charge in [-0.25, -0.2) is 0 Å². The van der Waals surface area contributed by atoms with Gasteiger partial charge in [-0.2, -0.15) is 0 Å². The molecule has 0 aliphatic carbocycles. The predicted octanol–water partition coefficient (Wildman–Crippen LogP) is 3.31. The molecule has 0 amide bonds. The normalized spacial score (nSPS) is 25.7. The SMILES string of the molecule is CCC1(C)CN(CCCOc2ccccc2)C(C)(C)CN1. The van der Waals surface area contributed by atoms with Crippen molar-refractivity contribution in [2.24, 2.45) is 0 Å². The third-order valence-corrected chi connectivity index (χ3v) is 4.71. The van der Waals surface area contributed by atoms with Crippen molar-refractivity contribution in [2.75, 3.05) is 26.2 Å². The molecule has 2 rings (SSSR count). The summed E-state index contributed by atoms with van der Waals surface area (Å²) >= 11 is 0. The summed E-state index contributed by atoms with van der Waals surface area (Å²) < 4.78 is 5.80. The number of rotatable bonds is 6. The van der Waals surface area contributed by atoms with Gasteiger partial charge in [0.2, 0.25) is 0 Å². The van der Waals surface area contributed by atoms with Crippen LogP contribution in [-0.4, -0.2) is 42.2 Å². The number of nitrogens with zero attached hydrogens (tertiary/aromatic N) is 1. The van der Waals surface area contributed by atoms with Crippen LogP contribution in [-0.2, 0) is 0 Å². The van der Waals surface area contributed by atoms with Crippen molar-refractivity contribution in [3.8, 4) is 5.75 Å². The monoisotopic (exact) mass is 290 g/mol. The molecule has 1 aromatic rings. The molecule has 1 unspecified atom stereocenters. The molecule has 1 fully saturated rings. The molecule has 1 atom stereocenters. The number of para-hydroxylation sites is 1. The van der Waals surface area contributed by atoms with Gasteiger partial charge in [0.15, 0.2) is 0 Å². The van der Waals surface area contributed by atoms with Crippen LogP contribution in [0, 0.1) is 0 Å². The Balaban J connectivity index is 1.80. The van der Waals surface area contributed by atoms with Crippen molar-refractivity contribution < 1.29 is 4.74 Å². The maximum atomic E-state index is 5.80. The predicted molar refractivity (Wildman–Crippen MR) is 88.9 cm³/mol. The maximum absolute atomic E-state index is 5.80. The molecule has 1 N–H and O–H groups in total. The lowest BCUT2D eigenvalue weighted by molar-refractivity contribution is 0.0277. The first-order valence-corrected chi connectivity index (χ1v) is 8.13. The lowest BCUT2D eigenvalue weighted by Crippen LogP contribution is -2.67. The molecule has 0 saturated carbocycles. The summed E-state index contributed by atoms with van der Waals surface area (Å²) in [5, 5.41) is 3.71. The van der Waals surface area contributed by atoms with Crippen molar-refractivity contribution in [1.29, 1.82) is 0 Å². The summed E-state index contributed by atoms with van der Waals surface area (Å²) in [4.78, 5) is 2.61. The summed E-state index contributed by atoms with van der Waals surface area (Å²) in [6, 6.07) is 10.1. The van der Waals surface area contributed by atoms with Gasteiger partial charge in [0.25, 0.3) is 0 Å². The Kier molecular flexibility index (Phi) is 5.28. The van der Waals surface area contributed by atoms with Gasteiger partial charge in [0.1, 0.15) is 5.75 Å². The van der Waals surface area contributed by atoms with Crippen molar-refractivity contribution >= 4 is 0 Å². The zero-order valence-corrected chi connectivity index (χ0v) is 14.0. The topological polar surface area (TPSA) is 24.5 Å². The highest BCUT2D eigenvalue weighted by molar-refractivity contribution is 5.20. The molecular formula is C18H30N2O. The first-order chi connectivity index (χ1) is 9.95. The first-order valence-electron chi connectivity index (χ1n) is 8.13. The van der Waals surface area contributed by atoms with Crippen molar-refractivity contribution in [3.05, 3.63) is 30.3 Å². The van der Waals surface area contributed by atoms with Gasteiger partial charge in [0.05, 0.1) is 6.61 Å². The number of benzene rings is 1. The maximum Gasteiger partial charge on any atom is 0.119 e. The molecule has 118 valence electrons. The molecule has 3 heteroatoms. The Hall–Kier alpha value is -1.06. The quantitative estimate of drug-likeness (QED) is 0.814. The van der Waals surface area contributed by atoms with Gasteiger partial charge in [0, 0.05) is 30.7 Å². The van der Waals surface area contributed by atoms with Crippen LogP contribution < -0.4 is 10.1 Å². The lowest BCUT2D eigenvalue weighted by Gasteiger charge is -2.50. The molecule has 1 aliphatic rings. The molecule has 0 spiro atoms. The Morgan fingerprint density at radius 2 is 1.90 bits per heavy atom. The van der Waals surface area contributed by atoms with Gasteiger partial charge in [-0.3, -0.25) is 4.90 Å². The smallest absolute Gasteiger partial charge is 0.119 e. The van der Waals surface area contributed by atoms with Crippen LogP contribution in [0.15, 0.2) is 30.3 Å². The zero-order valence-electron chi connectivity index (χ0n) is 14.0. The second kappa shape index (κ2) is 6.80. The van der Waals surface area contributed by atoms with E-state index in [2.05, 4.69) is 37.9 Å². The van der Waals surface area contributed by atoms with E-state index in [1.54, 1.807) is 0 Å². The fraction of sp³-hybridized carbons (Fsp3) is 0.667. The second-order valence-corrected chi connectivity index (χ2v) is 7.02. The minimum atomic E-state index is 0.224. The molecule has 1 heterocycles. The van der Waals surface area contributed by atoms with Crippen LogP contribution in [0.2, 0.25) is 0 Å². The fourth-order valence-electron chi connectivity index (χ4n) is 2.81. The molecule has 21 heavy (non-hydrogen) atoms. The van der Waals surface area contributed by atoms with E-state index in [0.717, 1.165) is 38.4 Å². The zero-order chi connectivity index (χ0) is 15.3. The molecule has 1 aliphatic heterocycles. The van der Waals surface area contributed by atoms with E-state index in [4.69, 9.17) is 4.74 Å². The fourth-order valence-corrected chi connectivity index (χ4v) is 2.81. The molecule has 1 aromatic carbocycles. The number of hydrogen-bond donors (Lipinski definition) is 1. The van der Waals surface area contributed by atoms with Crippen molar-refractivity contribution in [1.82, 2.24) is 10.2 Å². The standard InChI is InChI=1S/C18H30N2O/c1-5-18(4)15-20(17(2,3)14-19-18)12-9-13-21-16-10-7-6-8-11-16/h6-8,10-11,19H,5,9,12-15H2,1-4H3. The highest BCUT2D eigenvalue weighted by Gasteiger charge is 2.38. The van der Waals surface area contributed by atoms with E-state index < -0.39 is 0 Å². The summed E-state index contributed by atoms with van der Waals surface area (Å²) in [6.07, 6.45) is 2.23.